The van der Waals surface area contributed by atoms with Crippen molar-refractivity contribution < 1.29 is 23.4 Å². The van der Waals surface area contributed by atoms with Gasteiger partial charge in [0.1, 0.15) is 0 Å². The zero-order chi connectivity index (χ0) is 15.1. The van der Waals surface area contributed by atoms with Gasteiger partial charge in [-0.1, -0.05) is 19.1 Å². The number of hydrogen-bond acceptors (Lipinski definition) is 4. The zero-order valence-corrected chi connectivity index (χ0v) is 11.9. The normalized spacial score (nSPS) is 14.2. The van der Waals surface area contributed by atoms with Crippen LogP contribution in [-0.2, 0) is 6.54 Å². The summed E-state index contributed by atoms with van der Waals surface area (Å²) in [5, 5.41) is 12.2. The number of aliphatic hydroxyl groups is 1. The summed E-state index contributed by atoms with van der Waals surface area (Å²) in [6.45, 7) is 1.34. The van der Waals surface area contributed by atoms with Gasteiger partial charge in [-0.3, -0.25) is 0 Å². The van der Waals surface area contributed by atoms with Crippen LogP contribution in [0.3, 0.4) is 0 Å². The maximum absolute atomic E-state index is 12.5. The number of alkyl halides is 2. The number of methoxy groups -OCH3 is 1. The second kappa shape index (κ2) is 8.01. The maximum atomic E-state index is 12.5. The Labute approximate surface area is 117 Å². The summed E-state index contributed by atoms with van der Waals surface area (Å²) >= 11 is 0. The van der Waals surface area contributed by atoms with Gasteiger partial charge < -0.3 is 19.9 Å². The van der Waals surface area contributed by atoms with Crippen LogP contribution in [0.1, 0.15) is 19.4 Å². The maximum Gasteiger partial charge on any atom is 0.387 e. The number of rotatable bonds is 8. The van der Waals surface area contributed by atoms with Gasteiger partial charge in [0.2, 0.25) is 0 Å². The minimum atomic E-state index is -2.90. The Balaban J connectivity index is 2.83. The second-order valence-electron chi connectivity index (χ2n) is 4.66. The lowest BCUT2D eigenvalue weighted by atomic mass is 10.0. The van der Waals surface area contributed by atoms with Crippen molar-refractivity contribution in [1.82, 2.24) is 5.32 Å². The molecule has 20 heavy (non-hydrogen) atoms. The van der Waals surface area contributed by atoms with Crippen LogP contribution in [0, 0.1) is 5.92 Å². The monoisotopic (exact) mass is 289 g/mol. The van der Waals surface area contributed by atoms with E-state index in [9.17, 15) is 8.78 Å². The predicted molar refractivity (Wildman–Crippen MR) is 72.2 cm³/mol. The molecule has 0 radical (unpaired) electrons. The highest BCUT2D eigenvalue weighted by atomic mass is 19.3. The first-order valence-corrected chi connectivity index (χ1v) is 6.44. The van der Waals surface area contributed by atoms with E-state index in [1.807, 2.05) is 13.8 Å². The molecule has 0 aliphatic heterocycles. The predicted octanol–water partition coefficient (Wildman–Crippen LogP) is 2.40. The summed E-state index contributed by atoms with van der Waals surface area (Å²) in [5.74, 6) is 0.383. The van der Waals surface area contributed by atoms with Crippen LogP contribution in [0.5, 0.6) is 11.5 Å². The van der Waals surface area contributed by atoms with Crippen molar-refractivity contribution in [2.75, 3.05) is 13.7 Å². The van der Waals surface area contributed by atoms with Crippen LogP contribution in [0.25, 0.3) is 0 Å². The van der Waals surface area contributed by atoms with E-state index < -0.39 is 6.61 Å². The summed E-state index contributed by atoms with van der Waals surface area (Å²) < 4.78 is 34.5. The summed E-state index contributed by atoms with van der Waals surface area (Å²) in [6, 6.07) is 5.03. The quantitative estimate of drug-likeness (QED) is 0.771. The molecule has 114 valence electrons. The highest BCUT2D eigenvalue weighted by molar-refractivity contribution is 5.46. The Morgan fingerprint density at radius 1 is 1.30 bits per heavy atom. The molecule has 1 aromatic rings. The molecule has 6 heteroatoms. The first-order chi connectivity index (χ1) is 9.49. The number of aliphatic hydroxyl groups excluding tert-OH is 1. The fourth-order valence-corrected chi connectivity index (χ4v) is 1.71. The molecule has 2 unspecified atom stereocenters. The molecule has 4 nitrogen and oxygen atoms in total. The van der Waals surface area contributed by atoms with Crippen molar-refractivity contribution >= 4 is 0 Å². The van der Waals surface area contributed by atoms with Gasteiger partial charge in [0.05, 0.1) is 7.11 Å². The zero-order valence-electron chi connectivity index (χ0n) is 11.9. The highest BCUT2D eigenvalue weighted by Gasteiger charge is 2.17. The summed E-state index contributed by atoms with van der Waals surface area (Å²) in [5.41, 5.74) is 0.585. The van der Waals surface area contributed by atoms with Crippen molar-refractivity contribution in [3.63, 3.8) is 0 Å². The standard InChI is InChI=1S/C14H21F2NO3/c1-9(8-18)10(2)17-7-11-5-4-6-12(19-3)13(11)20-14(15)16/h4-6,9-10,14,17-18H,7-8H2,1-3H3. The molecule has 2 N–H and O–H groups in total. The van der Waals surface area contributed by atoms with E-state index in [1.54, 1.807) is 18.2 Å². The first kappa shape index (κ1) is 16.7. The first-order valence-electron chi connectivity index (χ1n) is 6.44. The van der Waals surface area contributed by atoms with E-state index in [1.165, 1.54) is 7.11 Å². The van der Waals surface area contributed by atoms with E-state index in [2.05, 4.69) is 10.1 Å². The average molecular weight is 289 g/mol. The van der Waals surface area contributed by atoms with E-state index in [0.29, 0.717) is 12.1 Å². The molecule has 0 aromatic heterocycles. The molecular formula is C14H21F2NO3. The van der Waals surface area contributed by atoms with Gasteiger partial charge in [-0.2, -0.15) is 8.78 Å². The second-order valence-corrected chi connectivity index (χ2v) is 4.66. The van der Waals surface area contributed by atoms with Gasteiger partial charge in [-0.05, 0) is 18.9 Å². The summed E-state index contributed by atoms with van der Waals surface area (Å²) in [4.78, 5) is 0. The average Bonchev–Trinajstić information content (AvgIpc) is 2.44. The molecule has 0 saturated heterocycles. The molecule has 2 atom stereocenters. The number of ether oxygens (including phenoxy) is 2. The molecule has 0 aliphatic rings. The molecule has 0 heterocycles. The van der Waals surface area contributed by atoms with E-state index in [4.69, 9.17) is 9.84 Å². The smallest absolute Gasteiger partial charge is 0.387 e. The van der Waals surface area contributed by atoms with E-state index in [-0.39, 0.29) is 30.1 Å². The molecule has 0 spiro atoms. The SMILES string of the molecule is COc1cccc(CNC(C)C(C)CO)c1OC(F)F. The Morgan fingerprint density at radius 2 is 2.00 bits per heavy atom. The van der Waals surface area contributed by atoms with Crippen LogP contribution < -0.4 is 14.8 Å². The third-order valence-corrected chi connectivity index (χ3v) is 3.24. The van der Waals surface area contributed by atoms with Crippen molar-refractivity contribution in [2.24, 2.45) is 5.92 Å². The van der Waals surface area contributed by atoms with Crippen molar-refractivity contribution in [3.05, 3.63) is 23.8 Å². The van der Waals surface area contributed by atoms with Gasteiger partial charge in [0.15, 0.2) is 11.5 Å². The number of halogens is 2. The largest absolute Gasteiger partial charge is 0.493 e. The topological polar surface area (TPSA) is 50.7 Å². The molecule has 1 rings (SSSR count). The van der Waals surface area contributed by atoms with Crippen LogP contribution >= 0.6 is 0 Å². The van der Waals surface area contributed by atoms with Crippen LogP contribution in [0.15, 0.2) is 18.2 Å². The number of benzene rings is 1. The van der Waals surface area contributed by atoms with Crippen LogP contribution in [-0.4, -0.2) is 31.5 Å². The van der Waals surface area contributed by atoms with Gasteiger partial charge in [-0.25, -0.2) is 0 Å². The third-order valence-electron chi connectivity index (χ3n) is 3.24. The molecule has 0 fully saturated rings. The molecule has 0 aliphatic carbocycles. The molecular weight excluding hydrogens is 268 g/mol. The summed E-state index contributed by atoms with van der Waals surface area (Å²) in [7, 11) is 1.40. The number of nitrogens with one attached hydrogen (secondary N) is 1. The number of hydrogen-bond donors (Lipinski definition) is 2. The Bertz CT molecular complexity index is 415. The van der Waals surface area contributed by atoms with Gasteiger partial charge >= 0.3 is 6.61 Å². The Morgan fingerprint density at radius 3 is 2.55 bits per heavy atom. The fraction of sp³-hybridized carbons (Fsp3) is 0.571. The van der Waals surface area contributed by atoms with Gasteiger partial charge in [0, 0.05) is 24.8 Å². The Hall–Kier alpha value is -1.40. The Kier molecular flexibility index (Phi) is 6.67. The van der Waals surface area contributed by atoms with Crippen molar-refractivity contribution in [1.29, 1.82) is 0 Å². The van der Waals surface area contributed by atoms with Crippen molar-refractivity contribution in [2.45, 2.75) is 33.0 Å². The van der Waals surface area contributed by atoms with E-state index >= 15 is 0 Å². The van der Waals surface area contributed by atoms with Crippen LogP contribution in [0.4, 0.5) is 8.78 Å². The molecule has 1 aromatic carbocycles. The minimum absolute atomic E-state index is 0.0429. The highest BCUT2D eigenvalue weighted by Crippen LogP contribution is 2.32. The summed E-state index contributed by atoms with van der Waals surface area (Å²) in [6.07, 6.45) is 0. The van der Waals surface area contributed by atoms with Crippen LogP contribution in [0.2, 0.25) is 0 Å². The van der Waals surface area contributed by atoms with Gasteiger partial charge in [0.25, 0.3) is 0 Å². The lowest BCUT2D eigenvalue weighted by Crippen LogP contribution is -2.33. The third kappa shape index (κ3) is 4.61. The fourth-order valence-electron chi connectivity index (χ4n) is 1.71. The minimum Gasteiger partial charge on any atom is -0.493 e. The van der Waals surface area contributed by atoms with E-state index in [0.717, 1.165) is 0 Å². The van der Waals surface area contributed by atoms with Crippen molar-refractivity contribution in [3.8, 4) is 11.5 Å². The molecule has 0 amide bonds. The lowest BCUT2D eigenvalue weighted by Gasteiger charge is -2.21. The molecule has 0 bridgehead atoms. The molecule has 0 saturated carbocycles. The lowest BCUT2D eigenvalue weighted by molar-refractivity contribution is -0.0519. The van der Waals surface area contributed by atoms with Gasteiger partial charge in [-0.15, -0.1) is 0 Å². The number of para-hydroxylation sites is 1.